The first-order valence-electron chi connectivity index (χ1n) is 5.16. The van der Waals surface area contributed by atoms with Crippen molar-refractivity contribution >= 4 is 0 Å². The van der Waals surface area contributed by atoms with Gasteiger partial charge < -0.3 is 5.32 Å². The van der Waals surface area contributed by atoms with Crippen molar-refractivity contribution in [1.82, 2.24) is 20.1 Å². The molecule has 0 spiro atoms. The largest absolute Gasteiger partial charge is 0.306 e. The number of hydrogen-bond acceptors (Lipinski definition) is 3. The first-order valence-corrected chi connectivity index (χ1v) is 5.16. The van der Waals surface area contributed by atoms with Gasteiger partial charge in [-0.25, -0.2) is 4.98 Å². The Hall–Kier alpha value is -0.900. The molecule has 1 N–H and O–H groups in total. The SMILES string of the molecule is CCNC(C)(C)c1nc(CC)nn1C. The molecule has 1 heterocycles. The molecule has 4 nitrogen and oxygen atoms in total. The highest BCUT2D eigenvalue weighted by Gasteiger charge is 2.25. The summed E-state index contributed by atoms with van der Waals surface area (Å²) in [5.41, 5.74) is -0.107. The van der Waals surface area contributed by atoms with Crippen LogP contribution in [0.25, 0.3) is 0 Å². The second-order valence-electron chi connectivity index (χ2n) is 3.98. The lowest BCUT2D eigenvalue weighted by atomic mass is 10.1. The molecule has 0 fully saturated rings. The molecule has 0 unspecified atom stereocenters. The van der Waals surface area contributed by atoms with Gasteiger partial charge in [-0.3, -0.25) is 4.68 Å². The van der Waals surface area contributed by atoms with Crippen LogP contribution in [0.2, 0.25) is 0 Å². The van der Waals surface area contributed by atoms with Crippen LogP contribution in [-0.4, -0.2) is 21.3 Å². The third kappa shape index (κ3) is 2.12. The lowest BCUT2D eigenvalue weighted by Crippen LogP contribution is -2.38. The average Bonchev–Trinajstić information content (AvgIpc) is 2.47. The molecular formula is C10H20N4. The highest BCUT2D eigenvalue weighted by atomic mass is 15.3. The van der Waals surface area contributed by atoms with Crippen molar-refractivity contribution in [3.63, 3.8) is 0 Å². The van der Waals surface area contributed by atoms with Gasteiger partial charge in [-0.1, -0.05) is 13.8 Å². The number of aryl methyl sites for hydroxylation is 2. The number of nitrogens with one attached hydrogen (secondary N) is 1. The van der Waals surface area contributed by atoms with E-state index in [0.29, 0.717) is 0 Å². The smallest absolute Gasteiger partial charge is 0.150 e. The van der Waals surface area contributed by atoms with Gasteiger partial charge in [0.2, 0.25) is 0 Å². The van der Waals surface area contributed by atoms with Crippen molar-refractivity contribution in [3.05, 3.63) is 11.6 Å². The fourth-order valence-corrected chi connectivity index (χ4v) is 1.65. The zero-order valence-electron chi connectivity index (χ0n) is 9.76. The van der Waals surface area contributed by atoms with Gasteiger partial charge in [0.25, 0.3) is 0 Å². The predicted octanol–water partition coefficient (Wildman–Crippen LogP) is 1.22. The van der Waals surface area contributed by atoms with Gasteiger partial charge in [-0.15, -0.1) is 0 Å². The van der Waals surface area contributed by atoms with Crippen LogP contribution in [0.3, 0.4) is 0 Å². The molecule has 0 aromatic carbocycles. The van der Waals surface area contributed by atoms with Crippen molar-refractivity contribution in [2.75, 3.05) is 6.54 Å². The third-order valence-electron chi connectivity index (χ3n) is 2.30. The molecule has 1 aromatic rings. The zero-order chi connectivity index (χ0) is 10.8. The van der Waals surface area contributed by atoms with Gasteiger partial charge in [0.15, 0.2) is 5.82 Å². The van der Waals surface area contributed by atoms with E-state index in [1.807, 2.05) is 11.7 Å². The molecule has 0 aliphatic heterocycles. The van der Waals surface area contributed by atoms with Gasteiger partial charge in [0.05, 0.1) is 5.54 Å². The van der Waals surface area contributed by atoms with Crippen LogP contribution >= 0.6 is 0 Å². The lowest BCUT2D eigenvalue weighted by Gasteiger charge is -2.24. The van der Waals surface area contributed by atoms with E-state index in [0.717, 1.165) is 24.6 Å². The quantitative estimate of drug-likeness (QED) is 0.787. The number of aromatic nitrogens is 3. The second kappa shape index (κ2) is 4.09. The van der Waals surface area contributed by atoms with E-state index in [2.05, 4.69) is 43.1 Å². The molecule has 1 aromatic heterocycles. The number of hydrogen-bond donors (Lipinski definition) is 1. The van der Waals surface area contributed by atoms with Gasteiger partial charge >= 0.3 is 0 Å². The molecule has 80 valence electrons. The Labute approximate surface area is 85.7 Å². The van der Waals surface area contributed by atoms with Crippen LogP contribution in [0.15, 0.2) is 0 Å². The van der Waals surface area contributed by atoms with Gasteiger partial charge in [0.1, 0.15) is 5.82 Å². The summed E-state index contributed by atoms with van der Waals surface area (Å²) in [5.74, 6) is 1.91. The van der Waals surface area contributed by atoms with Crippen LogP contribution in [0.5, 0.6) is 0 Å². The van der Waals surface area contributed by atoms with Gasteiger partial charge in [-0.2, -0.15) is 5.10 Å². The van der Waals surface area contributed by atoms with Crippen LogP contribution in [0.1, 0.15) is 39.3 Å². The van der Waals surface area contributed by atoms with E-state index in [9.17, 15) is 0 Å². The molecule has 0 bridgehead atoms. The van der Waals surface area contributed by atoms with E-state index in [1.165, 1.54) is 0 Å². The predicted molar refractivity (Wildman–Crippen MR) is 57.1 cm³/mol. The molecule has 1 rings (SSSR count). The monoisotopic (exact) mass is 196 g/mol. The Kier molecular flexibility index (Phi) is 3.26. The highest BCUT2D eigenvalue weighted by molar-refractivity contribution is 5.04. The standard InChI is InChI=1S/C10H20N4/c1-6-8-12-9(14(5)13-8)10(3,4)11-7-2/h11H,6-7H2,1-5H3. The van der Waals surface area contributed by atoms with E-state index >= 15 is 0 Å². The third-order valence-corrected chi connectivity index (χ3v) is 2.30. The summed E-state index contributed by atoms with van der Waals surface area (Å²) in [4.78, 5) is 4.51. The summed E-state index contributed by atoms with van der Waals surface area (Å²) >= 11 is 0. The average molecular weight is 196 g/mol. The van der Waals surface area contributed by atoms with Crippen molar-refractivity contribution in [2.45, 2.75) is 39.7 Å². The minimum Gasteiger partial charge on any atom is -0.306 e. The minimum absolute atomic E-state index is 0.107. The summed E-state index contributed by atoms with van der Waals surface area (Å²) in [6.45, 7) is 9.35. The Morgan fingerprint density at radius 2 is 2.00 bits per heavy atom. The Balaban J connectivity index is 2.98. The summed E-state index contributed by atoms with van der Waals surface area (Å²) in [5, 5.41) is 7.74. The summed E-state index contributed by atoms with van der Waals surface area (Å²) in [7, 11) is 1.95. The molecule has 4 heteroatoms. The molecule has 0 aliphatic carbocycles. The number of nitrogens with zero attached hydrogens (tertiary/aromatic N) is 3. The van der Waals surface area contributed by atoms with Crippen LogP contribution in [-0.2, 0) is 19.0 Å². The maximum Gasteiger partial charge on any atom is 0.150 e. The first-order chi connectivity index (χ1) is 6.51. The molecule has 14 heavy (non-hydrogen) atoms. The van der Waals surface area contributed by atoms with Crippen molar-refractivity contribution < 1.29 is 0 Å². The molecular weight excluding hydrogens is 176 g/mol. The molecule has 0 aliphatic rings. The van der Waals surface area contributed by atoms with E-state index in [-0.39, 0.29) is 5.54 Å². The fraction of sp³-hybridized carbons (Fsp3) is 0.800. The molecule has 0 saturated heterocycles. The lowest BCUT2D eigenvalue weighted by molar-refractivity contribution is 0.375. The summed E-state index contributed by atoms with van der Waals surface area (Å²) in [6.07, 6.45) is 0.885. The molecule has 0 radical (unpaired) electrons. The maximum atomic E-state index is 4.51. The first kappa shape index (κ1) is 11.2. The van der Waals surface area contributed by atoms with Crippen molar-refractivity contribution in [3.8, 4) is 0 Å². The van der Waals surface area contributed by atoms with E-state index in [1.54, 1.807) is 0 Å². The van der Waals surface area contributed by atoms with Crippen LogP contribution in [0.4, 0.5) is 0 Å². The van der Waals surface area contributed by atoms with Gasteiger partial charge in [-0.05, 0) is 20.4 Å². The van der Waals surface area contributed by atoms with E-state index < -0.39 is 0 Å². The second-order valence-corrected chi connectivity index (χ2v) is 3.98. The van der Waals surface area contributed by atoms with Crippen molar-refractivity contribution in [1.29, 1.82) is 0 Å². The Morgan fingerprint density at radius 3 is 2.43 bits per heavy atom. The summed E-state index contributed by atoms with van der Waals surface area (Å²) in [6, 6.07) is 0. The van der Waals surface area contributed by atoms with Crippen LogP contribution < -0.4 is 5.32 Å². The maximum absolute atomic E-state index is 4.51. The molecule has 0 atom stereocenters. The zero-order valence-corrected chi connectivity index (χ0v) is 9.76. The van der Waals surface area contributed by atoms with Gasteiger partial charge in [0, 0.05) is 13.5 Å². The Morgan fingerprint density at radius 1 is 1.36 bits per heavy atom. The fourth-order valence-electron chi connectivity index (χ4n) is 1.65. The topological polar surface area (TPSA) is 42.7 Å². The van der Waals surface area contributed by atoms with Crippen LogP contribution in [0, 0.1) is 0 Å². The number of rotatable bonds is 4. The molecule has 0 amide bonds. The van der Waals surface area contributed by atoms with Crippen molar-refractivity contribution in [2.24, 2.45) is 7.05 Å². The Bertz CT molecular complexity index is 301. The summed E-state index contributed by atoms with van der Waals surface area (Å²) < 4.78 is 1.86. The highest BCUT2D eigenvalue weighted by Crippen LogP contribution is 2.17. The minimum atomic E-state index is -0.107. The normalized spacial score (nSPS) is 12.1. The molecule has 0 saturated carbocycles. The van der Waals surface area contributed by atoms with E-state index in [4.69, 9.17) is 0 Å².